The van der Waals surface area contributed by atoms with Crippen LogP contribution in [-0.4, -0.2) is 69.6 Å². The third kappa shape index (κ3) is 7.02. The number of nitrogens with one attached hydrogen (secondary N) is 3. The number of fused-ring (bicyclic) bond motifs is 1. The van der Waals surface area contributed by atoms with Gasteiger partial charge in [0.05, 0.1) is 6.10 Å². The van der Waals surface area contributed by atoms with Crippen LogP contribution >= 0.6 is 24.8 Å². The molecule has 34 heavy (non-hydrogen) atoms. The van der Waals surface area contributed by atoms with E-state index in [1.54, 1.807) is 13.0 Å². The summed E-state index contributed by atoms with van der Waals surface area (Å²) in [4.78, 5) is 34.2. The first-order valence-corrected chi connectivity index (χ1v) is 11.1. The average Bonchev–Trinajstić information content (AvgIpc) is 2.82. The maximum atomic E-state index is 12.6. The summed E-state index contributed by atoms with van der Waals surface area (Å²) in [6.07, 6.45) is 3.02. The molecule has 4 rings (SSSR count). The molecule has 2 atom stereocenters. The molecule has 1 fully saturated rings. The monoisotopic (exact) mass is 510 g/mol. The number of aliphatic hydroxyl groups is 1. The van der Waals surface area contributed by atoms with E-state index in [0.717, 1.165) is 19.3 Å². The van der Waals surface area contributed by atoms with Gasteiger partial charge in [0.1, 0.15) is 17.8 Å². The number of piperidine rings is 1. The number of aromatic nitrogens is 2. The molecule has 0 saturated carbocycles. The fraction of sp³-hybridized carbons (Fsp3) is 0.478. The number of carbonyl (C=O) groups is 2. The number of halogens is 2. The first-order chi connectivity index (χ1) is 15.5. The van der Waals surface area contributed by atoms with E-state index < -0.39 is 6.10 Å². The Morgan fingerprint density at radius 2 is 1.88 bits per heavy atom. The highest BCUT2D eigenvalue weighted by molar-refractivity contribution is 5.92. The minimum atomic E-state index is -0.710. The summed E-state index contributed by atoms with van der Waals surface area (Å²) in [6.45, 7) is 3.85. The Morgan fingerprint density at radius 1 is 1.18 bits per heavy atom. The molecule has 2 aliphatic rings. The summed E-state index contributed by atoms with van der Waals surface area (Å²) in [7, 11) is 0. The standard InChI is InChI=1S/C23H30N6O3.2ClH/c1-15(30)29-8-6-18(7-9-29)28-22-11-20(26-14-27-22)23(32)25-13-21(31)19-10-16-4-2-3-5-17(16)12-24-19;;/h2-5,11,14,18-19,21,24,31H,6-10,12-13H2,1H3,(H,25,32)(H,26,27,28);2*1H. The summed E-state index contributed by atoms with van der Waals surface area (Å²) >= 11 is 0. The zero-order valence-electron chi connectivity index (χ0n) is 19.1. The van der Waals surface area contributed by atoms with Gasteiger partial charge in [0.15, 0.2) is 0 Å². The number of likely N-dealkylation sites (tertiary alicyclic amines) is 1. The van der Waals surface area contributed by atoms with Crippen molar-refractivity contribution in [3.8, 4) is 0 Å². The van der Waals surface area contributed by atoms with Crippen molar-refractivity contribution in [2.45, 2.75) is 50.9 Å². The van der Waals surface area contributed by atoms with Crippen LogP contribution in [-0.2, 0) is 17.8 Å². The van der Waals surface area contributed by atoms with Gasteiger partial charge in [-0.2, -0.15) is 0 Å². The zero-order chi connectivity index (χ0) is 22.5. The minimum absolute atomic E-state index is 0. The molecule has 1 aromatic heterocycles. The topological polar surface area (TPSA) is 119 Å². The molecule has 2 unspecified atom stereocenters. The van der Waals surface area contributed by atoms with E-state index in [-0.39, 0.29) is 61.0 Å². The van der Waals surface area contributed by atoms with Gasteiger partial charge in [0.2, 0.25) is 5.91 Å². The fourth-order valence-corrected chi connectivity index (χ4v) is 4.29. The Morgan fingerprint density at radius 3 is 2.59 bits per heavy atom. The summed E-state index contributed by atoms with van der Waals surface area (Å²) in [5.41, 5.74) is 2.72. The number of nitrogens with zero attached hydrogens (tertiary/aromatic N) is 3. The highest BCUT2D eigenvalue weighted by Gasteiger charge is 2.25. The van der Waals surface area contributed by atoms with Crippen molar-refractivity contribution in [3.05, 3.63) is 53.5 Å². The van der Waals surface area contributed by atoms with Crippen LogP contribution in [0.2, 0.25) is 0 Å². The maximum absolute atomic E-state index is 12.6. The molecule has 4 N–H and O–H groups in total. The van der Waals surface area contributed by atoms with Crippen LogP contribution in [0, 0.1) is 0 Å². The largest absolute Gasteiger partial charge is 0.390 e. The predicted octanol–water partition coefficient (Wildman–Crippen LogP) is 1.55. The summed E-state index contributed by atoms with van der Waals surface area (Å²) in [5.74, 6) is 0.328. The molecule has 9 nitrogen and oxygen atoms in total. The molecule has 1 aromatic carbocycles. The Kier molecular flexibility index (Phi) is 10.5. The lowest BCUT2D eigenvalue weighted by Crippen LogP contribution is -2.49. The molecular formula is C23H32Cl2N6O3. The molecule has 1 saturated heterocycles. The number of amides is 2. The van der Waals surface area contributed by atoms with Gasteiger partial charge in [0, 0.05) is 51.3 Å². The molecule has 0 radical (unpaired) electrons. The van der Waals surface area contributed by atoms with Crippen LogP contribution in [0.4, 0.5) is 5.82 Å². The second-order valence-electron chi connectivity index (χ2n) is 8.45. The molecule has 0 spiro atoms. The third-order valence-corrected chi connectivity index (χ3v) is 6.24. The van der Waals surface area contributed by atoms with Crippen LogP contribution in [0.5, 0.6) is 0 Å². The number of anilines is 1. The molecule has 0 bridgehead atoms. The third-order valence-electron chi connectivity index (χ3n) is 6.24. The van der Waals surface area contributed by atoms with Crippen LogP contribution in [0.1, 0.15) is 41.4 Å². The first kappa shape index (κ1) is 27.8. The van der Waals surface area contributed by atoms with Crippen molar-refractivity contribution >= 4 is 42.4 Å². The van der Waals surface area contributed by atoms with E-state index in [9.17, 15) is 14.7 Å². The molecule has 0 aliphatic carbocycles. The smallest absolute Gasteiger partial charge is 0.270 e. The van der Waals surface area contributed by atoms with E-state index in [1.807, 2.05) is 17.0 Å². The Labute approximate surface area is 211 Å². The van der Waals surface area contributed by atoms with Crippen molar-refractivity contribution in [2.24, 2.45) is 0 Å². The molecule has 2 amide bonds. The summed E-state index contributed by atoms with van der Waals surface area (Å²) in [6, 6.07) is 9.87. The van der Waals surface area contributed by atoms with Gasteiger partial charge in [-0.05, 0) is 30.4 Å². The first-order valence-electron chi connectivity index (χ1n) is 11.1. The highest BCUT2D eigenvalue weighted by Crippen LogP contribution is 2.18. The Balaban J connectivity index is 0.00000204. The van der Waals surface area contributed by atoms with E-state index in [1.165, 1.54) is 17.5 Å². The van der Waals surface area contributed by atoms with Crippen molar-refractivity contribution in [1.29, 1.82) is 0 Å². The number of carbonyl (C=O) groups excluding carboxylic acids is 2. The Bertz CT molecular complexity index is 971. The van der Waals surface area contributed by atoms with Crippen molar-refractivity contribution in [1.82, 2.24) is 25.5 Å². The van der Waals surface area contributed by atoms with E-state index in [2.05, 4.69) is 38.1 Å². The fourth-order valence-electron chi connectivity index (χ4n) is 4.29. The summed E-state index contributed by atoms with van der Waals surface area (Å²) < 4.78 is 0. The van der Waals surface area contributed by atoms with Crippen LogP contribution in [0.3, 0.4) is 0 Å². The zero-order valence-corrected chi connectivity index (χ0v) is 20.7. The van der Waals surface area contributed by atoms with Gasteiger partial charge in [-0.1, -0.05) is 24.3 Å². The Hall–Kier alpha value is -2.46. The van der Waals surface area contributed by atoms with E-state index in [0.29, 0.717) is 25.5 Å². The van der Waals surface area contributed by atoms with Crippen molar-refractivity contribution in [3.63, 3.8) is 0 Å². The normalized spacial score (nSPS) is 18.5. The van der Waals surface area contributed by atoms with Gasteiger partial charge in [-0.15, -0.1) is 24.8 Å². The quantitative estimate of drug-likeness (QED) is 0.465. The molecule has 2 aliphatic heterocycles. The van der Waals surface area contributed by atoms with Gasteiger partial charge >= 0.3 is 0 Å². The number of benzene rings is 1. The lowest BCUT2D eigenvalue weighted by atomic mass is 9.93. The number of hydrogen-bond acceptors (Lipinski definition) is 7. The van der Waals surface area contributed by atoms with E-state index in [4.69, 9.17) is 0 Å². The summed E-state index contributed by atoms with van der Waals surface area (Å²) in [5, 5.41) is 20.0. The molecular weight excluding hydrogens is 479 g/mol. The molecule has 2 aromatic rings. The van der Waals surface area contributed by atoms with Crippen LogP contribution in [0.25, 0.3) is 0 Å². The van der Waals surface area contributed by atoms with E-state index >= 15 is 0 Å². The lowest BCUT2D eigenvalue weighted by Gasteiger charge is -2.32. The second kappa shape index (κ2) is 12.9. The van der Waals surface area contributed by atoms with Crippen LogP contribution < -0.4 is 16.0 Å². The van der Waals surface area contributed by atoms with Gasteiger partial charge in [-0.25, -0.2) is 9.97 Å². The minimum Gasteiger partial charge on any atom is -0.390 e. The van der Waals surface area contributed by atoms with Gasteiger partial charge in [-0.3, -0.25) is 9.59 Å². The van der Waals surface area contributed by atoms with Crippen LogP contribution in [0.15, 0.2) is 36.7 Å². The predicted molar refractivity (Wildman–Crippen MR) is 135 cm³/mol. The molecule has 186 valence electrons. The number of rotatable bonds is 6. The van der Waals surface area contributed by atoms with Gasteiger partial charge < -0.3 is 26.0 Å². The lowest BCUT2D eigenvalue weighted by molar-refractivity contribution is -0.129. The second-order valence-corrected chi connectivity index (χ2v) is 8.45. The SMILES string of the molecule is CC(=O)N1CCC(Nc2cc(C(=O)NCC(O)C3Cc4ccccc4CN3)ncn2)CC1.Cl.Cl. The molecule has 11 heteroatoms. The van der Waals surface area contributed by atoms with Gasteiger partial charge in [0.25, 0.3) is 5.91 Å². The maximum Gasteiger partial charge on any atom is 0.270 e. The average molecular weight is 511 g/mol. The van der Waals surface area contributed by atoms with Crippen molar-refractivity contribution in [2.75, 3.05) is 25.0 Å². The number of aliphatic hydroxyl groups excluding tert-OH is 1. The molecule has 3 heterocycles. The number of hydrogen-bond donors (Lipinski definition) is 4. The van der Waals surface area contributed by atoms with Crippen molar-refractivity contribution < 1.29 is 14.7 Å². The highest BCUT2D eigenvalue weighted by atomic mass is 35.5.